The number of hydrogen-bond acceptors (Lipinski definition) is 5. The number of rotatable bonds is 4. The third-order valence-electron chi connectivity index (χ3n) is 3.75. The maximum atomic E-state index is 12.7. The highest BCUT2D eigenvalue weighted by molar-refractivity contribution is 7.89. The van der Waals surface area contributed by atoms with E-state index in [1.807, 2.05) is 0 Å². The van der Waals surface area contributed by atoms with Crippen molar-refractivity contribution >= 4 is 16.1 Å². The number of benzene rings is 1. The monoisotopic (exact) mass is 370 g/mol. The molecule has 0 bridgehead atoms. The van der Waals surface area contributed by atoms with Gasteiger partial charge in [0.05, 0.1) is 7.11 Å². The first-order chi connectivity index (χ1) is 11.6. The number of piperidine rings is 1. The first-order valence-corrected chi connectivity index (χ1v) is 9.74. The van der Waals surface area contributed by atoms with Gasteiger partial charge in [-0.15, -0.1) is 0 Å². The summed E-state index contributed by atoms with van der Waals surface area (Å²) < 4.78 is 38.5. The Morgan fingerprint density at radius 3 is 2.60 bits per heavy atom. The van der Waals surface area contributed by atoms with E-state index in [-0.39, 0.29) is 23.2 Å². The van der Waals surface area contributed by atoms with Gasteiger partial charge in [0.15, 0.2) is 0 Å². The summed E-state index contributed by atoms with van der Waals surface area (Å²) in [4.78, 5) is 13.8. The van der Waals surface area contributed by atoms with Crippen LogP contribution < -0.4 is 9.46 Å². The number of likely N-dealkylation sites (tertiary alicyclic amines) is 1. The minimum Gasteiger partial charge on any atom is -0.495 e. The summed E-state index contributed by atoms with van der Waals surface area (Å²) >= 11 is 0. The summed E-state index contributed by atoms with van der Waals surface area (Å²) in [5.74, 6) is 0.287. The molecule has 25 heavy (non-hydrogen) atoms. The zero-order chi connectivity index (χ0) is 18.7. The predicted octanol–water partition coefficient (Wildman–Crippen LogP) is 2.37. The second kappa shape index (κ2) is 7.61. The Bertz CT molecular complexity index is 712. The fourth-order valence-corrected chi connectivity index (χ4v) is 4.12. The number of carbonyl (C=O) groups excluding carboxylic acids is 1. The number of hydrogen-bond donors (Lipinski definition) is 1. The molecule has 2 rings (SSSR count). The zero-order valence-electron chi connectivity index (χ0n) is 15.1. The van der Waals surface area contributed by atoms with Crippen LogP contribution in [0.25, 0.3) is 0 Å². The lowest BCUT2D eigenvalue weighted by Gasteiger charge is -2.34. The van der Waals surface area contributed by atoms with Crippen molar-refractivity contribution in [2.24, 2.45) is 0 Å². The Labute approximate surface area is 149 Å². The van der Waals surface area contributed by atoms with Crippen LogP contribution in [0, 0.1) is 0 Å². The Hall–Kier alpha value is -1.80. The summed E-state index contributed by atoms with van der Waals surface area (Å²) in [7, 11) is -2.31. The number of nitrogens with one attached hydrogen (secondary N) is 1. The number of para-hydroxylation sites is 1. The molecule has 1 amide bonds. The van der Waals surface area contributed by atoms with Gasteiger partial charge in [-0.25, -0.2) is 17.9 Å². The molecule has 1 aliphatic rings. The highest BCUT2D eigenvalue weighted by Crippen LogP contribution is 2.24. The molecule has 0 spiro atoms. The van der Waals surface area contributed by atoms with E-state index in [0.717, 1.165) is 0 Å². The number of ether oxygens (including phenoxy) is 2. The molecular weight excluding hydrogens is 344 g/mol. The quantitative estimate of drug-likeness (QED) is 0.879. The molecular formula is C17H26N2O5S. The van der Waals surface area contributed by atoms with Crippen LogP contribution in [0.4, 0.5) is 4.79 Å². The van der Waals surface area contributed by atoms with Gasteiger partial charge in [-0.05, 0) is 45.7 Å². The third-order valence-corrected chi connectivity index (χ3v) is 5.31. The van der Waals surface area contributed by atoms with Crippen LogP contribution >= 0.6 is 0 Å². The normalized spacial score (nSPS) is 18.7. The molecule has 1 fully saturated rings. The van der Waals surface area contributed by atoms with E-state index < -0.39 is 21.7 Å². The van der Waals surface area contributed by atoms with Gasteiger partial charge in [0, 0.05) is 19.1 Å². The maximum absolute atomic E-state index is 12.7. The van der Waals surface area contributed by atoms with Crippen molar-refractivity contribution in [2.45, 2.75) is 50.2 Å². The van der Waals surface area contributed by atoms with E-state index in [1.165, 1.54) is 13.2 Å². The van der Waals surface area contributed by atoms with Crippen molar-refractivity contribution in [3.8, 4) is 5.75 Å². The molecule has 1 aliphatic heterocycles. The third kappa shape index (κ3) is 5.34. The maximum Gasteiger partial charge on any atom is 0.410 e. The number of methoxy groups -OCH3 is 1. The van der Waals surface area contributed by atoms with Crippen LogP contribution in [0.2, 0.25) is 0 Å². The predicted molar refractivity (Wildman–Crippen MR) is 94.1 cm³/mol. The van der Waals surface area contributed by atoms with Crippen LogP contribution in [0.15, 0.2) is 29.2 Å². The molecule has 1 atom stereocenters. The number of amides is 1. The van der Waals surface area contributed by atoms with Crippen LogP contribution in [0.3, 0.4) is 0 Å². The molecule has 1 N–H and O–H groups in total. The minimum absolute atomic E-state index is 0.0897. The molecule has 7 nitrogen and oxygen atoms in total. The van der Waals surface area contributed by atoms with E-state index in [9.17, 15) is 13.2 Å². The van der Waals surface area contributed by atoms with Crippen molar-refractivity contribution in [2.75, 3.05) is 20.2 Å². The van der Waals surface area contributed by atoms with Gasteiger partial charge in [0.25, 0.3) is 0 Å². The van der Waals surface area contributed by atoms with Gasteiger partial charge < -0.3 is 14.4 Å². The number of sulfonamides is 1. The second-order valence-corrected chi connectivity index (χ2v) is 8.72. The average Bonchev–Trinajstić information content (AvgIpc) is 2.53. The minimum atomic E-state index is -3.74. The smallest absolute Gasteiger partial charge is 0.410 e. The van der Waals surface area contributed by atoms with Crippen LogP contribution in [-0.4, -0.2) is 51.3 Å². The van der Waals surface area contributed by atoms with Gasteiger partial charge in [-0.1, -0.05) is 12.1 Å². The van der Waals surface area contributed by atoms with Crippen molar-refractivity contribution < 1.29 is 22.7 Å². The van der Waals surface area contributed by atoms with Crippen molar-refractivity contribution in [3.63, 3.8) is 0 Å². The fraction of sp³-hybridized carbons (Fsp3) is 0.588. The topological polar surface area (TPSA) is 84.9 Å². The Morgan fingerprint density at radius 2 is 1.96 bits per heavy atom. The highest BCUT2D eigenvalue weighted by Gasteiger charge is 2.31. The molecule has 0 aliphatic carbocycles. The molecule has 140 valence electrons. The molecule has 0 aromatic heterocycles. The summed E-state index contributed by atoms with van der Waals surface area (Å²) in [6.45, 7) is 6.25. The van der Waals surface area contributed by atoms with E-state index in [0.29, 0.717) is 19.4 Å². The first kappa shape index (κ1) is 19.5. The Balaban J connectivity index is 2.08. The SMILES string of the molecule is COc1ccccc1S(=O)(=O)N[C@@H]1CCCN(C(=O)OC(C)(C)C)C1. The van der Waals surface area contributed by atoms with Gasteiger partial charge >= 0.3 is 6.09 Å². The number of nitrogens with zero attached hydrogens (tertiary/aromatic N) is 1. The van der Waals surface area contributed by atoms with Crippen molar-refractivity contribution in [1.29, 1.82) is 0 Å². The summed E-state index contributed by atoms with van der Waals surface area (Å²) in [6.07, 6.45) is 0.945. The molecule has 1 heterocycles. The van der Waals surface area contributed by atoms with Crippen molar-refractivity contribution in [1.82, 2.24) is 9.62 Å². The highest BCUT2D eigenvalue weighted by atomic mass is 32.2. The lowest BCUT2D eigenvalue weighted by atomic mass is 10.1. The van der Waals surface area contributed by atoms with E-state index in [1.54, 1.807) is 43.9 Å². The van der Waals surface area contributed by atoms with Crippen LogP contribution in [0.1, 0.15) is 33.6 Å². The van der Waals surface area contributed by atoms with E-state index in [2.05, 4.69) is 4.72 Å². The molecule has 0 unspecified atom stereocenters. The average molecular weight is 370 g/mol. The summed E-state index contributed by atoms with van der Waals surface area (Å²) in [6, 6.07) is 6.09. The Morgan fingerprint density at radius 1 is 1.28 bits per heavy atom. The van der Waals surface area contributed by atoms with E-state index >= 15 is 0 Å². The largest absolute Gasteiger partial charge is 0.495 e. The molecule has 1 aromatic rings. The van der Waals surface area contributed by atoms with Crippen LogP contribution in [-0.2, 0) is 14.8 Å². The van der Waals surface area contributed by atoms with Gasteiger partial charge in [0.2, 0.25) is 10.0 Å². The second-order valence-electron chi connectivity index (χ2n) is 7.04. The molecule has 1 saturated heterocycles. The lowest BCUT2D eigenvalue weighted by molar-refractivity contribution is 0.0195. The summed E-state index contributed by atoms with van der Waals surface area (Å²) in [5, 5.41) is 0. The molecule has 8 heteroatoms. The molecule has 0 radical (unpaired) electrons. The molecule has 0 saturated carbocycles. The fourth-order valence-electron chi connectivity index (χ4n) is 2.69. The molecule has 1 aromatic carbocycles. The zero-order valence-corrected chi connectivity index (χ0v) is 15.9. The number of carbonyl (C=O) groups is 1. The lowest BCUT2D eigenvalue weighted by Crippen LogP contribution is -2.50. The summed E-state index contributed by atoms with van der Waals surface area (Å²) in [5.41, 5.74) is -0.582. The standard InChI is InChI=1S/C17H26N2O5S/c1-17(2,3)24-16(20)19-11-7-8-13(12-19)18-25(21,22)15-10-6-5-9-14(15)23-4/h5-6,9-10,13,18H,7-8,11-12H2,1-4H3/t13-/m1/s1. The first-order valence-electron chi connectivity index (χ1n) is 8.25. The Kier molecular flexibility index (Phi) is 5.95. The van der Waals surface area contributed by atoms with E-state index in [4.69, 9.17) is 9.47 Å². The van der Waals surface area contributed by atoms with Gasteiger partial charge in [-0.2, -0.15) is 0 Å². The van der Waals surface area contributed by atoms with Crippen molar-refractivity contribution in [3.05, 3.63) is 24.3 Å². The van der Waals surface area contributed by atoms with Gasteiger partial charge in [0.1, 0.15) is 16.2 Å². The van der Waals surface area contributed by atoms with Gasteiger partial charge in [-0.3, -0.25) is 0 Å². The van der Waals surface area contributed by atoms with Crippen LogP contribution in [0.5, 0.6) is 5.75 Å².